The maximum absolute atomic E-state index is 13.5. The Balaban J connectivity index is 1.80. The van der Waals surface area contributed by atoms with Crippen molar-refractivity contribution in [3.8, 4) is 0 Å². The van der Waals surface area contributed by atoms with Gasteiger partial charge in [-0.15, -0.1) is 0 Å². The topological polar surface area (TPSA) is 87.2 Å². The van der Waals surface area contributed by atoms with Gasteiger partial charge in [-0.1, -0.05) is 53.5 Å². The highest BCUT2D eigenvalue weighted by Gasteiger charge is 2.32. The first kappa shape index (κ1) is 25.3. The van der Waals surface area contributed by atoms with E-state index >= 15 is 0 Å². The molecule has 0 unspecified atom stereocenters. The number of rotatable bonds is 7. The molecule has 3 rings (SSSR count). The van der Waals surface area contributed by atoms with Gasteiger partial charge in [-0.2, -0.15) is 4.31 Å². The van der Waals surface area contributed by atoms with E-state index in [-0.39, 0.29) is 53.6 Å². The highest BCUT2D eigenvalue weighted by Crippen LogP contribution is 2.28. The number of sulfonamides is 1. The summed E-state index contributed by atoms with van der Waals surface area (Å²) in [6, 6.07) is 13.2. The molecule has 0 bridgehead atoms. The molecule has 0 aliphatic carbocycles. The number of hydrogen-bond acceptors (Lipinski definition) is 5. The third kappa shape index (κ3) is 6.38. The number of carbonyl (C=O) groups excluding carboxylic acids is 2. The second kappa shape index (κ2) is 11.2. The maximum Gasteiger partial charge on any atom is 0.409 e. The molecule has 33 heavy (non-hydrogen) atoms. The van der Waals surface area contributed by atoms with Crippen LogP contribution in [0.1, 0.15) is 12.5 Å². The largest absolute Gasteiger partial charge is 0.450 e. The Labute approximate surface area is 203 Å². The average molecular weight is 514 g/mol. The number of benzene rings is 2. The normalized spacial score (nSPS) is 14.4. The van der Waals surface area contributed by atoms with E-state index in [0.29, 0.717) is 13.1 Å². The summed E-state index contributed by atoms with van der Waals surface area (Å²) in [6.07, 6.45) is -0.423. The van der Waals surface area contributed by atoms with Gasteiger partial charge in [-0.05, 0) is 30.7 Å². The number of nitrogens with zero attached hydrogens (tertiary/aromatic N) is 3. The summed E-state index contributed by atoms with van der Waals surface area (Å²) in [4.78, 5) is 27.9. The van der Waals surface area contributed by atoms with Gasteiger partial charge in [0.15, 0.2) is 0 Å². The molecule has 1 aliphatic rings. The molecule has 0 atom stereocenters. The van der Waals surface area contributed by atoms with Gasteiger partial charge in [-0.3, -0.25) is 4.79 Å². The highest BCUT2D eigenvalue weighted by molar-refractivity contribution is 7.89. The lowest BCUT2D eigenvalue weighted by Crippen LogP contribution is -2.53. The third-order valence-corrected chi connectivity index (χ3v) is 7.69. The number of halogens is 2. The highest BCUT2D eigenvalue weighted by atomic mass is 35.5. The summed E-state index contributed by atoms with van der Waals surface area (Å²) in [5.41, 5.74) is 0.721. The molecule has 2 aromatic carbocycles. The fourth-order valence-electron chi connectivity index (χ4n) is 3.43. The van der Waals surface area contributed by atoms with Crippen LogP contribution in [0.25, 0.3) is 0 Å². The Morgan fingerprint density at radius 3 is 2.27 bits per heavy atom. The van der Waals surface area contributed by atoms with Crippen LogP contribution in [-0.4, -0.2) is 73.9 Å². The second-order valence-electron chi connectivity index (χ2n) is 7.40. The van der Waals surface area contributed by atoms with Crippen LogP contribution in [0, 0.1) is 0 Å². The van der Waals surface area contributed by atoms with Gasteiger partial charge in [0.05, 0.1) is 18.2 Å². The van der Waals surface area contributed by atoms with E-state index in [2.05, 4.69) is 0 Å². The first-order chi connectivity index (χ1) is 15.7. The van der Waals surface area contributed by atoms with Crippen LogP contribution in [0.3, 0.4) is 0 Å². The van der Waals surface area contributed by atoms with Crippen molar-refractivity contribution < 1.29 is 22.7 Å². The molecule has 1 fully saturated rings. The molecule has 0 aromatic heterocycles. The minimum atomic E-state index is -4.13. The van der Waals surface area contributed by atoms with Gasteiger partial charge in [0.1, 0.15) is 4.90 Å². The fraction of sp³-hybridized carbons (Fsp3) is 0.364. The van der Waals surface area contributed by atoms with E-state index in [1.54, 1.807) is 36.1 Å². The van der Waals surface area contributed by atoms with Crippen LogP contribution in [0.2, 0.25) is 10.0 Å². The van der Waals surface area contributed by atoms with Gasteiger partial charge in [-0.25, -0.2) is 13.2 Å². The van der Waals surface area contributed by atoms with Crippen molar-refractivity contribution in [2.24, 2.45) is 0 Å². The zero-order valence-corrected chi connectivity index (χ0v) is 20.4. The predicted molar refractivity (Wildman–Crippen MR) is 126 cm³/mol. The summed E-state index contributed by atoms with van der Waals surface area (Å²) in [7, 11) is -4.13. The summed E-state index contributed by atoms with van der Waals surface area (Å²) in [5.74, 6) is -0.365. The first-order valence-corrected chi connectivity index (χ1v) is 12.6. The smallest absolute Gasteiger partial charge is 0.409 e. The molecular formula is C22H25Cl2N3O5S. The summed E-state index contributed by atoms with van der Waals surface area (Å²) < 4.78 is 33.1. The van der Waals surface area contributed by atoms with E-state index in [9.17, 15) is 18.0 Å². The van der Waals surface area contributed by atoms with E-state index in [0.717, 1.165) is 9.87 Å². The molecule has 8 nitrogen and oxygen atoms in total. The number of ether oxygens (including phenoxy) is 1. The minimum absolute atomic E-state index is 0.0133. The number of carbonyl (C=O) groups is 2. The van der Waals surface area contributed by atoms with Gasteiger partial charge in [0.25, 0.3) is 0 Å². The summed E-state index contributed by atoms with van der Waals surface area (Å²) in [5, 5.41) is 0.243. The van der Waals surface area contributed by atoms with Crippen LogP contribution >= 0.6 is 23.2 Å². The molecule has 1 heterocycles. The van der Waals surface area contributed by atoms with Crippen LogP contribution in [0.4, 0.5) is 4.79 Å². The Kier molecular flexibility index (Phi) is 8.58. The van der Waals surface area contributed by atoms with E-state index < -0.39 is 16.1 Å². The molecular weight excluding hydrogens is 489 g/mol. The Bertz CT molecular complexity index is 1090. The lowest BCUT2D eigenvalue weighted by Gasteiger charge is -2.35. The van der Waals surface area contributed by atoms with Crippen molar-refractivity contribution in [3.05, 3.63) is 64.1 Å². The van der Waals surface area contributed by atoms with Crippen molar-refractivity contribution in [2.45, 2.75) is 18.4 Å². The average Bonchev–Trinajstić information content (AvgIpc) is 2.81. The van der Waals surface area contributed by atoms with Crippen LogP contribution < -0.4 is 0 Å². The number of hydrogen-bond donors (Lipinski definition) is 0. The van der Waals surface area contributed by atoms with E-state index in [1.165, 1.54) is 23.1 Å². The van der Waals surface area contributed by atoms with Gasteiger partial charge >= 0.3 is 6.09 Å². The molecule has 0 spiro atoms. The first-order valence-electron chi connectivity index (χ1n) is 10.4. The Morgan fingerprint density at radius 2 is 1.64 bits per heavy atom. The molecule has 178 valence electrons. The molecule has 2 aromatic rings. The zero-order chi connectivity index (χ0) is 24.0. The van der Waals surface area contributed by atoms with Crippen molar-refractivity contribution in [2.75, 3.05) is 39.3 Å². The quantitative estimate of drug-likeness (QED) is 0.565. The molecule has 0 radical (unpaired) electrons. The number of amides is 2. The van der Waals surface area contributed by atoms with Crippen LogP contribution in [-0.2, 0) is 26.1 Å². The second-order valence-corrected chi connectivity index (χ2v) is 10.2. The Morgan fingerprint density at radius 1 is 1.00 bits per heavy atom. The van der Waals surface area contributed by atoms with Gasteiger partial charge in [0.2, 0.25) is 15.9 Å². The summed E-state index contributed by atoms with van der Waals surface area (Å²) >= 11 is 12.2. The van der Waals surface area contributed by atoms with Crippen molar-refractivity contribution >= 4 is 45.2 Å². The molecule has 1 aliphatic heterocycles. The van der Waals surface area contributed by atoms with E-state index in [1.807, 2.05) is 6.07 Å². The van der Waals surface area contributed by atoms with Crippen LogP contribution in [0.5, 0.6) is 0 Å². The SMILES string of the molecule is CCOC(=O)N1CCN(C(=O)CN(Cc2ccccc2)S(=O)(=O)c2cc(Cl)ccc2Cl)CC1. The van der Waals surface area contributed by atoms with Crippen LogP contribution in [0.15, 0.2) is 53.4 Å². The Hall–Kier alpha value is -2.33. The lowest BCUT2D eigenvalue weighted by molar-refractivity contribution is -0.133. The van der Waals surface area contributed by atoms with Gasteiger partial charge in [0, 0.05) is 37.7 Å². The molecule has 0 saturated carbocycles. The fourth-order valence-corrected chi connectivity index (χ4v) is 5.55. The maximum atomic E-state index is 13.5. The zero-order valence-electron chi connectivity index (χ0n) is 18.1. The standard InChI is InChI=1S/C22H25Cl2N3O5S/c1-2-32-22(29)26-12-10-25(11-13-26)21(28)16-27(15-17-6-4-3-5-7-17)33(30,31)20-14-18(23)8-9-19(20)24/h3-9,14H,2,10-13,15-16H2,1H3. The van der Waals surface area contributed by atoms with Crippen molar-refractivity contribution in [3.63, 3.8) is 0 Å². The monoisotopic (exact) mass is 513 g/mol. The van der Waals surface area contributed by atoms with Crippen molar-refractivity contribution in [1.29, 1.82) is 0 Å². The summed E-state index contributed by atoms with van der Waals surface area (Å²) in [6.45, 7) is 2.82. The molecule has 0 N–H and O–H groups in total. The predicted octanol–water partition coefficient (Wildman–Crippen LogP) is 3.49. The van der Waals surface area contributed by atoms with Gasteiger partial charge < -0.3 is 14.5 Å². The van der Waals surface area contributed by atoms with E-state index in [4.69, 9.17) is 27.9 Å². The van der Waals surface area contributed by atoms with Crippen molar-refractivity contribution in [1.82, 2.24) is 14.1 Å². The lowest BCUT2D eigenvalue weighted by atomic mass is 10.2. The molecule has 2 amide bonds. The minimum Gasteiger partial charge on any atom is -0.450 e. The molecule has 1 saturated heterocycles. The number of piperazine rings is 1. The molecule has 11 heteroatoms. The third-order valence-electron chi connectivity index (χ3n) is 5.18.